The van der Waals surface area contributed by atoms with E-state index in [1.165, 1.54) is 9.80 Å². The molecule has 1 N–H and O–H groups in total. The third-order valence-electron chi connectivity index (χ3n) is 6.60. The van der Waals surface area contributed by atoms with Gasteiger partial charge in [0.15, 0.2) is 0 Å². The summed E-state index contributed by atoms with van der Waals surface area (Å²) in [5.74, 6) is -0.214. The molecule has 8 heteroatoms. The molecular formula is C25H27N4O4+. The zero-order valence-electron chi connectivity index (χ0n) is 18.6. The van der Waals surface area contributed by atoms with Crippen molar-refractivity contribution < 1.29 is 19.2 Å². The van der Waals surface area contributed by atoms with Crippen molar-refractivity contribution in [3.05, 3.63) is 75.8 Å². The van der Waals surface area contributed by atoms with Crippen molar-refractivity contribution in [1.82, 2.24) is 14.5 Å². The van der Waals surface area contributed by atoms with Crippen LogP contribution in [0.2, 0.25) is 0 Å². The van der Waals surface area contributed by atoms with Crippen LogP contribution < -0.4 is 10.5 Å². The summed E-state index contributed by atoms with van der Waals surface area (Å²) < 4.78 is 7.12. The molecule has 3 heterocycles. The number of nitrogens with zero attached hydrogens (tertiary/aromatic N) is 3. The van der Waals surface area contributed by atoms with E-state index in [-0.39, 0.29) is 17.4 Å². The smallest absolute Gasteiger partial charge is 0.262 e. The summed E-state index contributed by atoms with van der Waals surface area (Å²) in [4.78, 5) is 47.4. The number of benzene rings is 2. The molecule has 5 rings (SSSR count). The summed E-state index contributed by atoms with van der Waals surface area (Å²) >= 11 is 0. The monoisotopic (exact) mass is 447 g/mol. The quantitative estimate of drug-likeness (QED) is 0.571. The molecule has 0 bridgehead atoms. The molecule has 0 unspecified atom stereocenters. The number of fused-ring (bicyclic) bond motifs is 2. The summed E-state index contributed by atoms with van der Waals surface area (Å²) in [7, 11) is 0. The van der Waals surface area contributed by atoms with Gasteiger partial charge in [0, 0.05) is 0 Å². The van der Waals surface area contributed by atoms with Gasteiger partial charge >= 0.3 is 0 Å². The normalized spacial score (nSPS) is 17.5. The maximum atomic E-state index is 13.5. The van der Waals surface area contributed by atoms with Gasteiger partial charge in [-0.25, -0.2) is 4.98 Å². The predicted molar refractivity (Wildman–Crippen MR) is 122 cm³/mol. The number of para-hydroxylation sites is 1. The standard InChI is InChI=1S/C25H26N4O4/c1-2-21(29-24(31)17-7-3-4-8-18(17)25(29)32)22-26-20-10-6-5-9-19(20)23(30)28(22)12-11-27-13-15-33-16-14-27/h3-10,21H,2,11-16H2,1H3/p+1/t21-/m1/s1. The Balaban J connectivity index is 1.58. The highest BCUT2D eigenvalue weighted by Crippen LogP contribution is 2.32. The van der Waals surface area contributed by atoms with E-state index >= 15 is 0 Å². The number of hydrogen-bond acceptors (Lipinski definition) is 5. The minimum Gasteiger partial charge on any atom is -0.370 e. The lowest BCUT2D eigenvalue weighted by Gasteiger charge is -2.28. The minimum absolute atomic E-state index is 0.140. The van der Waals surface area contributed by atoms with E-state index in [0.717, 1.165) is 19.6 Å². The Hall–Kier alpha value is -3.36. The van der Waals surface area contributed by atoms with Crippen molar-refractivity contribution in [2.45, 2.75) is 25.9 Å². The number of rotatable bonds is 6. The maximum Gasteiger partial charge on any atom is 0.262 e. The molecule has 1 aromatic heterocycles. The number of carbonyl (C=O) groups is 2. The second-order valence-corrected chi connectivity index (χ2v) is 8.51. The Kier molecular flexibility index (Phi) is 5.78. The molecule has 1 fully saturated rings. The number of ether oxygens (including phenoxy) is 1. The molecule has 0 aliphatic carbocycles. The number of amides is 2. The van der Waals surface area contributed by atoms with E-state index in [4.69, 9.17) is 9.72 Å². The number of hydrogen-bond donors (Lipinski definition) is 1. The predicted octanol–water partition coefficient (Wildman–Crippen LogP) is 1.06. The summed E-state index contributed by atoms with van der Waals surface area (Å²) in [6.07, 6.45) is 0.459. The van der Waals surface area contributed by atoms with Gasteiger partial charge < -0.3 is 9.64 Å². The fourth-order valence-corrected chi connectivity index (χ4v) is 4.81. The molecule has 3 aromatic rings. The van der Waals surface area contributed by atoms with Gasteiger partial charge in [0.05, 0.1) is 54.4 Å². The maximum absolute atomic E-state index is 13.5. The molecule has 1 atom stereocenters. The van der Waals surface area contributed by atoms with Gasteiger partial charge in [-0.05, 0) is 30.7 Å². The Morgan fingerprint density at radius 3 is 2.27 bits per heavy atom. The van der Waals surface area contributed by atoms with Crippen molar-refractivity contribution in [2.75, 3.05) is 32.8 Å². The van der Waals surface area contributed by atoms with Gasteiger partial charge in [-0.2, -0.15) is 0 Å². The Morgan fingerprint density at radius 2 is 1.61 bits per heavy atom. The fraction of sp³-hybridized carbons (Fsp3) is 0.360. The topological polar surface area (TPSA) is 85.9 Å². The van der Waals surface area contributed by atoms with Crippen molar-refractivity contribution in [3.8, 4) is 0 Å². The van der Waals surface area contributed by atoms with Crippen LogP contribution in [0, 0.1) is 0 Å². The fourth-order valence-electron chi connectivity index (χ4n) is 4.81. The zero-order chi connectivity index (χ0) is 22.9. The van der Waals surface area contributed by atoms with Gasteiger partial charge in [0.2, 0.25) is 0 Å². The lowest BCUT2D eigenvalue weighted by molar-refractivity contribution is -0.908. The van der Waals surface area contributed by atoms with Crippen LogP contribution in [-0.4, -0.2) is 59.1 Å². The van der Waals surface area contributed by atoms with E-state index < -0.39 is 6.04 Å². The molecule has 1 saturated heterocycles. The molecule has 0 radical (unpaired) electrons. The van der Waals surface area contributed by atoms with Crippen molar-refractivity contribution in [1.29, 1.82) is 0 Å². The number of quaternary nitrogens is 1. The van der Waals surface area contributed by atoms with Crippen LogP contribution in [0.4, 0.5) is 0 Å². The van der Waals surface area contributed by atoms with Crippen molar-refractivity contribution in [2.24, 2.45) is 0 Å². The van der Waals surface area contributed by atoms with E-state index in [1.807, 2.05) is 19.1 Å². The summed E-state index contributed by atoms with van der Waals surface area (Å²) in [6.45, 7) is 6.31. The third-order valence-corrected chi connectivity index (χ3v) is 6.60. The second kappa shape index (κ2) is 8.88. The van der Waals surface area contributed by atoms with Gasteiger partial charge in [-0.15, -0.1) is 0 Å². The molecule has 0 saturated carbocycles. The number of nitrogens with one attached hydrogen (secondary N) is 1. The van der Waals surface area contributed by atoms with E-state index in [1.54, 1.807) is 41.0 Å². The highest BCUT2D eigenvalue weighted by atomic mass is 16.5. The van der Waals surface area contributed by atoms with Crippen LogP contribution in [-0.2, 0) is 11.3 Å². The second-order valence-electron chi connectivity index (χ2n) is 8.51. The molecule has 33 heavy (non-hydrogen) atoms. The first-order valence-corrected chi connectivity index (χ1v) is 11.5. The van der Waals surface area contributed by atoms with Crippen LogP contribution in [0.15, 0.2) is 53.3 Å². The molecule has 0 spiro atoms. The van der Waals surface area contributed by atoms with Gasteiger partial charge in [0.25, 0.3) is 17.4 Å². The lowest BCUT2D eigenvalue weighted by Crippen LogP contribution is -3.14. The SMILES string of the molecule is CC[C@H](c1nc2ccccc2c(=O)n1CC[NH+]1CCOCC1)N1C(=O)c2ccccc2C1=O. The lowest BCUT2D eigenvalue weighted by atomic mass is 10.1. The molecule has 2 amide bonds. The third kappa shape index (κ3) is 3.75. The molecule has 2 aliphatic heterocycles. The zero-order valence-corrected chi connectivity index (χ0v) is 18.6. The molecular weight excluding hydrogens is 420 g/mol. The highest BCUT2D eigenvalue weighted by molar-refractivity contribution is 6.21. The molecule has 2 aliphatic rings. The van der Waals surface area contributed by atoms with Crippen LogP contribution in [0.3, 0.4) is 0 Å². The van der Waals surface area contributed by atoms with Gasteiger partial charge in [-0.1, -0.05) is 31.2 Å². The summed E-state index contributed by atoms with van der Waals surface area (Å²) in [5, 5.41) is 0.537. The summed E-state index contributed by atoms with van der Waals surface area (Å²) in [6, 6.07) is 13.5. The van der Waals surface area contributed by atoms with Crippen molar-refractivity contribution in [3.63, 3.8) is 0 Å². The van der Waals surface area contributed by atoms with Gasteiger partial charge in [-0.3, -0.25) is 23.9 Å². The van der Waals surface area contributed by atoms with E-state index in [2.05, 4.69) is 0 Å². The Bertz CT molecular complexity index is 1240. The van der Waals surface area contributed by atoms with Gasteiger partial charge in [0.1, 0.15) is 18.9 Å². The van der Waals surface area contributed by atoms with Crippen LogP contribution >= 0.6 is 0 Å². The Morgan fingerprint density at radius 1 is 0.970 bits per heavy atom. The average molecular weight is 448 g/mol. The first kappa shape index (κ1) is 21.5. The molecule has 2 aromatic carbocycles. The number of imide groups is 1. The number of aromatic nitrogens is 2. The minimum atomic E-state index is -0.630. The van der Waals surface area contributed by atoms with Crippen LogP contribution in [0.5, 0.6) is 0 Å². The first-order valence-electron chi connectivity index (χ1n) is 11.5. The van der Waals surface area contributed by atoms with Crippen LogP contribution in [0.25, 0.3) is 10.9 Å². The average Bonchev–Trinajstić information content (AvgIpc) is 3.10. The van der Waals surface area contributed by atoms with E-state index in [0.29, 0.717) is 54.0 Å². The first-order chi connectivity index (χ1) is 16.1. The highest BCUT2D eigenvalue weighted by Gasteiger charge is 2.41. The Labute approximate surface area is 191 Å². The number of carbonyl (C=O) groups excluding carboxylic acids is 2. The number of morpholine rings is 1. The molecule has 170 valence electrons. The largest absolute Gasteiger partial charge is 0.370 e. The van der Waals surface area contributed by atoms with Crippen molar-refractivity contribution >= 4 is 22.7 Å². The van der Waals surface area contributed by atoms with Crippen LogP contribution in [0.1, 0.15) is 45.9 Å². The summed E-state index contributed by atoms with van der Waals surface area (Å²) in [5.41, 5.74) is 1.22. The molecule has 8 nitrogen and oxygen atoms in total. The van der Waals surface area contributed by atoms with E-state index in [9.17, 15) is 14.4 Å².